The molecule has 3 rings (SSSR count). The van der Waals surface area contributed by atoms with E-state index in [0.717, 1.165) is 51.8 Å². The summed E-state index contributed by atoms with van der Waals surface area (Å²) < 4.78 is 1.04. The molecule has 0 bridgehead atoms. The first-order valence-electron chi connectivity index (χ1n) is 12.0. The summed E-state index contributed by atoms with van der Waals surface area (Å²) in [5, 5.41) is 15.2. The highest BCUT2D eigenvalue weighted by atomic mass is 79.9. The van der Waals surface area contributed by atoms with E-state index in [2.05, 4.69) is 48.1 Å². The predicted octanol–water partition coefficient (Wildman–Crippen LogP) is 8.51. The molecule has 1 heterocycles. The van der Waals surface area contributed by atoms with Gasteiger partial charge in [0.25, 0.3) is 0 Å². The number of nitrogens with one attached hydrogen (secondary N) is 1. The number of rotatable bonds is 6. The van der Waals surface area contributed by atoms with Crippen molar-refractivity contribution < 1.29 is 9.90 Å². The van der Waals surface area contributed by atoms with E-state index >= 15 is 0 Å². The van der Waals surface area contributed by atoms with Crippen molar-refractivity contribution in [3.8, 4) is 0 Å². The number of allylic oxidation sites excluding steroid dienone is 3. The van der Waals surface area contributed by atoms with Crippen LogP contribution in [0.2, 0.25) is 10.0 Å². The van der Waals surface area contributed by atoms with Crippen molar-refractivity contribution in [3.63, 3.8) is 0 Å². The molecular formula is C27H39BrCl2N2O2. The van der Waals surface area contributed by atoms with E-state index < -0.39 is 0 Å². The highest BCUT2D eigenvalue weighted by Gasteiger charge is 2.35. The van der Waals surface area contributed by atoms with Gasteiger partial charge in [0.15, 0.2) is 0 Å². The Kier molecular flexibility index (Phi) is 13.0. The Balaban J connectivity index is 0.00000137. The Hall–Kier alpha value is -1.27. The third kappa shape index (κ3) is 7.36. The van der Waals surface area contributed by atoms with Gasteiger partial charge >= 0.3 is 0 Å². The zero-order chi connectivity index (χ0) is 26.1. The van der Waals surface area contributed by atoms with Crippen molar-refractivity contribution in [1.29, 1.82) is 0 Å². The summed E-state index contributed by atoms with van der Waals surface area (Å²) in [6.07, 6.45) is 6.07. The van der Waals surface area contributed by atoms with Crippen LogP contribution in [0.1, 0.15) is 85.8 Å². The number of hydrogen-bond acceptors (Lipinski definition) is 4. The summed E-state index contributed by atoms with van der Waals surface area (Å²) >= 11 is 16.5. The van der Waals surface area contributed by atoms with Crippen molar-refractivity contribution in [3.05, 3.63) is 67.0 Å². The maximum absolute atomic E-state index is 11.2. The molecule has 0 spiro atoms. The quantitative estimate of drug-likeness (QED) is 0.335. The third-order valence-corrected chi connectivity index (χ3v) is 7.03. The molecule has 1 aromatic carbocycles. The maximum atomic E-state index is 11.2. The van der Waals surface area contributed by atoms with Gasteiger partial charge in [-0.2, -0.15) is 0 Å². The van der Waals surface area contributed by atoms with Gasteiger partial charge in [0, 0.05) is 26.6 Å². The Bertz CT molecular complexity index is 939. The predicted molar refractivity (Wildman–Crippen MR) is 149 cm³/mol. The molecule has 1 aromatic rings. The van der Waals surface area contributed by atoms with Crippen LogP contribution < -0.4 is 5.32 Å². The number of aliphatic hydroxyl groups excluding tert-OH is 1. The van der Waals surface area contributed by atoms with Gasteiger partial charge in [0.2, 0.25) is 0 Å². The maximum Gasteiger partial charge on any atom is 0.120 e. The molecule has 1 aliphatic heterocycles. The molecule has 4 nitrogen and oxygen atoms in total. The van der Waals surface area contributed by atoms with E-state index in [9.17, 15) is 9.90 Å². The van der Waals surface area contributed by atoms with Crippen LogP contribution in [0.3, 0.4) is 0 Å². The fraction of sp³-hybridized carbons (Fsp3) is 0.519. The van der Waals surface area contributed by atoms with Crippen LogP contribution in [0, 0.1) is 5.41 Å². The minimum Gasteiger partial charge on any atom is -0.376 e. The van der Waals surface area contributed by atoms with E-state index in [1.54, 1.807) is 6.07 Å². The first kappa shape index (κ1) is 30.8. The highest BCUT2D eigenvalue weighted by molar-refractivity contribution is 9.11. The van der Waals surface area contributed by atoms with Gasteiger partial charge < -0.3 is 20.1 Å². The first-order chi connectivity index (χ1) is 16.2. The smallest absolute Gasteiger partial charge is 0.120 e. The number of fused-ring (bicyclic) bond motifs is 1. The lowest BCUT2D eigenvalue weighted by atomic mass is 9.83. The molecule has 0 amide bonds. The molecular weight excluding hydrogens is 535 g/mol. The Morgan fingerprint density at radius 1 is 1.24 bits per heavy atom. The molecule has 190 valence electrons. The van der Waals surface area contributed by atoms with E-state index in [4.69, 9.17) is 23.2 Å². The van der Waals surface area contributed by atoms with Crippen LogP contribution >= 0.6 is 39.1 Å². The van der Waals surface area contributed by atoms with Crippen LogP contribution in [-0.2, 0) is 4.79 Å². The Morgan fingerprint density at radius 3 is 2.44 bits per heavy atom. The van der Waals surface area contributed by atoms with E-state index in [0.29, 0.717) is 22.9 Å². The molecule has 0 fully saturated rings. The molecule has 0 aromatic heterocycles. The molecule has 0 saturated carbocycles. The van der Waals surface area contributed by atoms with Crippen molar-refractivity contribution in [2.24, 2.45) is 5.41 Å². The topological polar surface area (TPSA) is 52.6 Å². The number of nitrogens with zero attached hydrogens (tertiary/aromatic N) is 1. The number of aliphatic hydroxyl groups is 1. The van der Waals surface area contributed by atoms with Crippen LogP contribution in [0.15, 0.2) is 51.4 Å². The second-order valence-electron chi connectivity index (χ2n) is 8.59. The Morgan fingerprint density at radius 2 is 1.88 bits per heavy atom. The molecule has 0 radical (unpaired) electrons. The van der Waals surface area contributed by atoms with Gasteiger partial charge in [-0.25, -0.2) is 0 Å². The number of aldehydes is 1. The minimum absolute atomic E-state index is 0.171. The van der Waals surface area contributed by atoms with Crippen molar-refractivity contribution >= 4 is 45.4 Å². The molecule has 34 heavy (non-hydrogen) atoms. The Labute approximate surface area is 224 Å². The molecule has 1 aliphatic carbocycles. The van der Waals surface area contributed by atoms with Crippen molar-refractivity contribution in [2.45, 2.75) is 80.2 Å². The number of halogens is 3. The third-order valence-electron chi connectivity index (χ3n) is 5.70. The molecule has 1 unspecified atom stereocenters. The van der Waals surface area contributed by atoms with Crippen molar-refractivity contribution in [1.82, 2.24) is 10.2 Å². The summed E-state index contributed by atoms with van der Waals surface area (Å²) in [5.74, 6) is 0. The number of hydrogen-bond donors (Lipinski definition) is 2. The number of carbonyl (C=O) groups is 1. The second-order valence-corrected chi connectivity index (χ2v) is 10.4. The number of benzene rings is 1. The van der Waals surface area contributed by atoms with Crippen LogP contribution in [-0.4, -0.2) is 23.0 Å². The summed E-state index contributed by atoms with van der Waals surface area (Å²) in [7, 11) is 0. The fourth-order valence-electron chi connectivity index (χ4n) is 4.15. The van der Waals surface area contributed by atoms with Gasteiger partial charge in [-0.1, -0.05) is 92.8 Å². The molecule has 2 aliphatic rings. The lowest BCUT2D eigenvalue weighted by Gasteiger charge is -2.35. The zero-order valence-corrected chi connectivity index (χ0v) is 24.5. The molecule has 1 atom stereocenters. The summed E-state index contributed by atoms with van der Waals surface area (Å²) in [4.78, 5) is 13.2. The fourth-order valence-corrected chi connectivity index (χ4v) is 5.33. The van der Waals surface area contributed by atoms with Gasteiger partial charge in [-0.3, -0.25) is 0 Å². The lowest BCUT2D eigenvalue weighted by molar-refractivity contribution is -0.109. The van der Waals surface area contributed by atoms with Crippen LogP contribution in [0.5, 0.6) is 0 Å². The summed E-state index contributed by atoms with van der Waals surface area (Å²) in [6, 6.07) is 5.19. The van der Waals surface area contributed by atoms with E-state index in [-0.39, 0.29) is 18.2 Å². The molecule has 7 heteroatoms. The average molecular weight is 574 g/mol. The SMILES string of the molecule is CC.CC.CC1=C(CC(C)(C)CC=O)NC2=CCCC(Br)=C2N(CO)C1c1ccc(Cl)cc1Cl. The largest absolute Gasteiger partial charge is 0.376 e. The van der Waals surface area contributed by atoms with Gasteiger partial charge in [-0.15, -0.1) is 0 Å². The van der Waals surface area contributed by atoms with Gasteiger partial charge in [-0.05, 0) is 54.9 Å². The van der Waals surface area contributed by atoms with E-state index in [1.807, 2.05) is 44.7 Å². The second kappa shape index (κ2) is 14.3. The average Bonchev–Trinajstić information content (AvgIpc) is 2.91. The van der Waals surface area contributed by atoms with Gasteiger partial charge in [0.1, 0.15) is 13.0 Å². The van der Waals surface area contributed by atoms with Crippen molar-refractivity contribution in [2.75, 3.05) is 6.73 Å². The summed E-state index contributed by atoms with van der Waals surface area (Å²) in [6.45, 7) is 14.1. The minimum atomic E-state index is -0.277. The first-order valence-corrected chi connectivity index (χ1v) is 13.6. The molecule has 0 saturated heterocycles. The van der Waals surface area contributed by atoms with Crippen LogP contribution in [0.25, 0.3) is 0 Å². The lowest BCUT2D eigenvalue weighted by Crippen LogP contribution is -2.32. The standard InChI is InChI=1S/C23H27BrCl2N2O2.2C2H6/c1-14-20(12-23(2,3)9-10-29)27-19-6-4-5-17(24)22(19)28(13-30)21(14)16-8-7-15(25)11-18(16)26;2*1-2/h6-8,10-11,21,27,30H,4-5,9,12-13H2,1-3H3;2*1-2H3. The zero-order valence-electron chi connectivity index (χ0n) is 21.4. The molecule has 2 N–H and O–H groups in total. The monoisotopic (exact) mass is 572 g/mol. The van der Waals surface area contributed by atoms with E-state index in [1.165, 1.54) is 0 Å². The van der Waals surface area contributed by atoms with Crippen LogP contribution in [0.4, 0.5) is 0 Å². The highest BCUT2D eigenvalue weighted by Crippen LogP contribution is 2.45. The summed E-state index contributed by atoms with van der Waals surface area (Å²) in [5.41, 5.74) is 4.66. The van der Waals surface area contributed by atoms with Gasteiger partial charge in [0.05, 0.1) is 17.4 Å². The number of carbonyl (C=O) groups excluding carboxylic acids is 1. The normalized spacial score (nSPS) is 17.9.